The van der Waals surface area contributed by atoms with Gasteiger partial charge in [-0.05, 0) is 29.9 Å². The Kier molecular flexibility index (Phi) is 1.96. The summed E-state index contributed by atoms with van der Waals surface area (Å²) in [6, 6.07) is 6.99. The fourth-order valence-electron chi connectivity index (χ4n) is 2.06. The zero-order valence-corrected chi connectivity index (χ0v) is 8.69. The first-order valence-corrected chi connectivity index (χ1v) is 5.45. The SMILES string of the molecule is O=C1NC(=O)C(c2cccc(C3CC3)c2)N1. The molecule has 1 heterocycles. The molecule has 2 aliphatic rings. The molecular weight excluding hydrogens is 204 g/mol. The van der Waals surface area contributed by atoms with Gasteiger partial charge in [0.05, 0.1) is 0 Å². The molecule has 1 saturated carbocycles. The van der Waals surface area contributed by atoms with Gasteiger partial charge in [-0.1, -0.05) is 24.3 Å². The van der Waals surface area contributed by atoms with Gasteiger partial charge in [0.2, 0.25) is 0 Å². The average molecular weight is 216 g/mol. The lowest BCUT2D eigenvalue weighted by atomic mass is 10.0. The van der Waals surface area contributed by atoms with E-state index < -0.39 is 12.1 Å². The van der Waals surface area contributed by atoms with Gasteiger partial charge in [-0.25, -0.2) is 4.79 Å². The highest BCUT2D eigenvalue weighted by Gasteiger charge is 2.32. The third kappa shape index (κ3) is 1.56. The molecule has 1 unspecified atom stereocenters. The summed E-state index contributed by atoms with van der Waals surface area (Å²) in [6.45, 7) is 0. The fourth-order valence-corrected chi connectivity index (χ4v) is 2.06. The molecule has 3 rings (SSSR count). The van der Waals surface area contributed by atoms with Gasteiger partial charge in [0.1, 0.15) is 6.04 Å². The molecule has 2 N–H and O–H groups in total. The van der Waals surface area contributed by atoms with E-state index in [4.69, 9.17) is 0 Å². The zero-order valence-electron chi connectivity index (χ0n) is 8.69. The number of amides is 3. The number of urea groups is 1. The van der Waals surface area contributed by atoms with Crippen LogP contribution in [0.2, 0.25) is 0 Å². The van der Waals surface area contributed by atoms with Crippen molar-refractivity contribution < 1.29 is 9.59 Å². The van der Waals surface area contributed by atoms with Crippen molar-refractivity contribution in [3.8, 4) is 0 Å². The van der Waals surface area contributed by atoms with E-state index >= 15 is 0 Å². The summed E-state index contributed by atoms with van der Waals surface area (Å²) >= 11 is 0. The van der Waals surface area contributed by atoms with Crippen molar-refractivity contribution in [2.45, 2.75) is 24.8 Å². The van der Waals surface area contributed by atoms with Crippen LogP contribution < -0.4 is 10.6 Å². The van der Waals surface area contributed by atoms with Crippen LogP contribution in [0, 0.1) is 0 Å². The zero-order chi connectivity index (χ0) is 11.1. The molecule has 1 atom stereocenters. The van der Waals surface area contributed by atoms with Crippen molar-refractivity contribution in [1.82, 2.24) is 10.6 Å². The Bertz CT molecular complexity index is 466. The predicted molar refractivity (Wildman–Crippen MR) is 57.8 cm³/mol. The number of benzene rings is 1. The summed E-state index contributed by atoms with van der Waals surface area (Å²) < 4.78 is 0. The third-order valence-electron chi connectivity index (χ3n) is 3.07. The largest absolute Gasteiger partial charge is 0.322 e. The summed E-state index contributed by atoms with van der Waals surface area (Å²) in [7, 11) is 0. The highest BCUT2D eigenvalue weighted by molar-refractivity contribution is 6.04. The van der Waals surface area contributed by atoms with Crippen LogP contribution in [-0.2, 0) is 4.79 Å². The molecule has 4 nitrogen and oxygen atoms in total. The molecular formula is C12H12N2O2. The van der Waals surface area contributed by atoms with Crippen LogP contribution in [0.15, 0.2) is 24.3 Å². The highest BCUT2D eigenvalue weighted by atomic mass is 16.2. The van der Waals surface area contributed by atoms with E-state index in [9.17, 15) is 9.59 Å². The van der Waals surface area contributed by atoms with E-state index in [2.05, 4.69) is 16.7 Å². The van der Waals surface area contributed by atoms with Gasteiger partial charge in [0.25, 0.3) is 5.91 Å². The Morgan fingerprint density at radius 1 is 1.12 bits per heavy atom. The number of carbonyl (C=O) groups is 2. The molecule has 1 aliphatic heterocycles. The van der Waals surface area contributed by atoms with Crippen molar-refractivity contribution in [2.24, 2.45) is 0 Å². The van der Waals surface area contributed by atoms with Crippen molar-refractivity contribution in [2.75, 3.05) is 0 Å². The molecule has 0 radical (unpaired) electrons. The van der Waals surface area contributed by atoms with E-state index in [1.165, 1.54) is 18.4 Å². The van der Waals surface area contributed by atoms with Crippen LogP contribution in [0.5, 0.6) is 0 Å². The van der Waals surface area contributed by atoms with Crippen LogP contribution in [-0.4, -0.2) is 11.9 Å². The van der Waals surface area contributed by atoms with E-state index in [1.807, 2.05) is 18.2 Å². The number of nitrogens with one attached hydrogen (secondary N) is 2. The second kappa shape index (κ2) is 3.33. The molecule has 1 aliphatic carbocycles. The second-order valence-corrected chi connectivity index (χ2v) is 4.34. The van der Waals surface area contributed by atoms with Crippen molar-refractivity contribution in [1.29, 1.82) is 0 Å². The first-order valence-electron chi connectivity index (χ1n) is 5.45. The fraction of sp³-hybridized carbons (Fsp3) is 0.333. The maximum absolute atomic E-state index is 11.5. The summed E-state index contributed by atoms with van der Waals surface area (Å²) in [6.07, 6.45) is 2.46. The summed E-state index contributed by atoms with van der Waals surface area (Å²) in [4.78, 5) is 22.5. The third-order valence-corrected chi connectivity index (χ3v) is 3.07. The molecule has 16 heavy (non-hydrogen) atoms. The molecule has 0 bridgehead atoms. The molecule has 0 aromatic heterocycles. The van der Waals surface area contributed by atoms with Gasteiger partial charge < -0.3 is 5.32 Å². The van der Waals surface area contributed by atoms with E-state index in [0.29, 0.717) is 5.92 Å². The molecule has 1 aromatic carbocycles. The van der Waals surface area contributed by atoms with Gasteiger partial charge in [0.15, 0.2) is 0 Å². The van der Waals surface area contributed by atoms with E-state index in [1.54, 1.807) is 0 Å². The van der Waals surface area contributed by atoms with Crippen LogP contribution >= 0.6 is 0 Å². The Morgan fingerprint density at radius 3 is 2.50 bits per heavy atom. The Labute approximate surface area is 93.0 Å². The van der Waals surface area contributed by atoms with Gasteiger partial charge in [-0.15, -0.1) is 0 Å². The Hall–Kier alpha value is -1.84. The van der Waals surface area contributed by atoms with Crippen LogP contribution in [0.1, 0.15) is 35.9 Å². The van der Waals surface area contributed by atoms with Gasteiger partial charge in [-0.3, -0.25) is 10.1 Å². The number of carbonyl (C=O) groups excluding carboxylic acids is 2. The smallest absolute Gasteiger partial charge is 0.322 e. The highest BCUT2D eigenvalue weighted by Crippen LogP contribution is 2.40. The quantitative estimate of drug-likeness (QED) is 0.735. The minimum absolute atomic E-state index is 0.266. The standard InChI is InChI=1S/C12H12N2O2/c15-11-10(13-12(16)14-11)9-3-1-2-8(6-9)7-4-5-7/h1-3,6-7,10H,4-5H2,(H2,13,14,15,16). The number of rotatable bonds is 2. The Balaban J connectivity index is 1.90. The van der Waals surface area contributed by atoms with E-state index in [0.717, 1.165) is 5.56 Å². The monoisotopic (exact) mass is 216 g/mol. The number of hydrogen-bond donors (Lipinski definition) is 2. The van der Waals surface area contributed by atoms with Crippen molar-refractivity contribution in [3.63, 3.8) is 0 Å². The van der Waals surface area contributed by atoms with Crippen molar-refractivity contribution >= 4 is 11.9 Å². The lowest BCUT2D eigenvalue weighted by molar-refractivity contribution is -0.120. The molecule has 1 saturated heterocycles. The Morgan fingerprint density at radius 2 is 1.88 bits per heavy atom. The topological polar surface area (TPSA) is 58.2 Å². The number of imide groups is 1. The molecule has 0 spiro atoms. The van der Waals surface area contributed by atoms with Gasteiger partial charge in [-0.2, -0.15) is 0 Å². The summed E-state index contributed by atoms with van der Waals surface area (Å²) in [5.41, 5.74) is 2.14. The number of hydrogen-bond acceptors (Lipinski definition) is 2. The lowest BCUT2D eigenvalue weighted by Gasteiger charge is -2.09. The second-order valence-electron chi connectivity index (χ2n) is 4.34. The predicted octanol–water partition coefficient (Wildman–Crippen LogP) is 1.44. The van der Waals surface area contributed by atoms with Crippen molar-refractivity contribution in [3.05, 3.63) is 35.4 Å². The summed E-state index contributed by atoms with van der Waals surface area (Å²) in [5.74, 6) is 0.387. The van der Waals surface area contributed by atoms with Crippen LogP contribution in [0.3, 0.4) is 0 Å². The van der Waals surface area contributed by atoms with Gasteiger partial charge >= 0.3 is 6.03 Å². The maximum atomic E-state index is 11.5. The summed E-state index contributed by atoms with van der Waals surface area (Å²) in [5, 5.41) is 4.85. The average Bonchev–Trinajstić information content (AvgIpc) is 3.05. The van der Waals surface area contributed by atoms with Crippen LogP contribution in [0.4, 0.5) is 4.79 Å². The first-order chi connectivity index (χ1) is 7.74. The lowest BCUT2D eigenvalue weighted by Crippen LogP contribution is -2.22. The minimum atomic E-state index is -0.522. The van der Waals surface area contributed by atoms with Gasteiger partial charge in [0, 0.05) is 0 Å². The molecule has 1 aromatic rings. The first kappa shape index (κ1) is 9.39. The molecule has 3 amide bonds. The molecule has 4 heteroatoms. The van der Waals surface area contributed by atoms with Crippen LogP contribution in [0.25, 0.3) is 0 Å². The normalized spacial score (nSPS) is 24.1. The van der Waals surface area contributed by atoms with E-state index in [-0.39, 0.29) is 5.91 Å². The minimum Gasteiger partial charge on any atom is -0.322 e. The molecule has 82 valence electrons. The molecule has 2 fully saturated rings. The maximum Gasteiger partial charge on any atom is 0.322 e.